The Morgan fingerprint density at radius 2 is 1.96 bits per heavy atom. The molecule has 0 spiro atoms. The first-order valence-corrected chi connectivity index (χ1v) is 8.07. The highest BCUT2D eigenvalue weighted by molar-refractivity contribution is 7.16. The largest absolute Gasteiger partial charge is 0.506 e. The number of thiazole rings is 1. The van der Waals surface area contributed by atoms with Gasteiger partial charge < -0.3 is 5.11 Å². The molecule has 0 aliphatic heterocycles. The fourth-order valence-electron chi connectivity index (χ4n) is 2.13. The van der Waals surface area contributed by atoms with E-state index in [0.29, 0.717) is 10.7 Å². The molecule has 0 aliphatic carbocycles. The third kappa shape index (κ3) is 3.36. The van der Waals surface area contributed by atoms with Crippen LogP contribution in [0.4, 0.5) is 5.13 Å². The molecule has 0 aliphatic rings. The zero-order chi connectivity index (χ0) is 16.4. The summed E-state index contributed by atoms with van der Waals surface area (Å²) < 4.78 is 0. The van der Waals surface area contributed by atoms with Crippen LogP contribution in [0.2, 0.25) is 5.02 Å². The van der Waals surface area contributed by atoms with Crippen molar-refractivity contribution in [2.24, 2.45) is 0 Å². The predicted octanol–water partition coefficient (Wildman–Crippen LogP) is 4.73. The van der Waals surface area contributed by atoms with Gasteiger partial charge in [0.25, 0.3) is 5.91 Å². The van der Waals surface area contributed by atoms with Gasteiger partial charge in [0.1, 0.15) is 5.75 Å². The average Bonchev–Trinajstić information content (AvgIpc) is 2.91. The first kappa shape index (κ1) is 15.5. The minimum Gasteiger partial charge on any atom is -0.506 e. The molecular weight excluding hydrogens is 332 g/mol. The number of nitrogens with one attached hydrogen (secondary N) is 1. The van der Waals surface area contributed by atoms with Crippen LogP contribution < -0.4 is 5.32 Å². The van der Waals surface area contributed by atoms with E-state index in [-0.39, 0.29) is 16.7 Å². The van der Waals surface area contributed by atoms with Crippen molar-refractivity contribution in [2.75, 3.05) is 5.32 Å². The van der Waals surface area contributed by atoms with Crippen molar-refractivity contribution in [3.05, 3.63) is 64.0 Å². The summed E-state index contributed by atoms with van der Waals surface area (Å²) in [6.07, 6.45) is 0. The highest BCUT2D eigenvalue weighted by Gasteiger charge is 2.14. The van der Waals surface area contributed by atoms with Gasteiger partial charge in [-0.25, -0.2) is 4.98 Å². The van der Waals surface area contributed by atoms with Crippen LogP contribution in [0.5, 0.6) is 5.75 Å². The van der Waals surface area contributed by atoms with Crippen LogP contribution in [-0.2, 0) is 0 Å². The molecule has 1 heterocycles. The smallest absolute Gasteiger partial charge is 0.257 e. The van der Waals surface area contributed by atoms with Gasteiger partial charge in [-0.05, 0) is 25.1 Å². The quantitative estimate of drug-likeness (QED) is 0.722. The molecule has 23 heavy (non-hydrogen) atoms. The number of hydrogen-bond acceptors (Lipinski definition) is 4. The van der Waals surface area contributed by atoms with Gasteiger partial charge in [0, 0.05) is 16.0 Å². The summed E-state index contributed by atoms with van der Waals surface area (Å²) in [5, 5.41) is 12.8. The molecule has 116 valence electrons. The molecule has 0 unspecified atom stereocenters. The molecule has 1 aromatic heterocycles. The van der Waals surface area contributed by atoms with E-state index in [0.717, 1.165) is 16.1 Å². The topological polar surface area (TPSA) is 62.2 Å². The maximum atomic E-state index is 12.2. The Labute approximate surface area is 142 Å². The zero-order valence-electron chi connectivity index (χ0n) is 12.2. The number of anilines is 1. The van der Waals surface area contributed by atoms with Crippen LogP contribution in [0.15, 0.2) is 48.5 Å². The van der Waals surface area contributed by atoms with Gasteiger partial charge in [-0.3, -0.25) is 10.1 Å². The van der Waals surface area contributed by atoms with Crippen molar-refractivity contribution < 1.29 is 9.90 Å². The zero-order valence-corrected chi connectivity index (χ0v) is 13.8. The number of aryl methyl sites for hydroxylation is 1. The Bertz CT molecular complexity index is 862. The molecule has 0 radical (unpaired) electrons. The van der Waals surface area contributed by atoms with Gasteiger partial charge in [0.15, 0.2) is 5.13 Å². The van der Waals surface area contributed by atoms with Gasteiger partial charge in [-0.1, -0.05) is 41.9 Å². The summed E-state index contributed by atoms with van der Waals surface area (Å²) >= 11 is 7.24. The van der Waals surface area contributed by atoms with E-state index in [1.165, 1.54) is 29.5 Å². The van der Waals surface area contributed by atoms with Crippen LogP contribution >= 0.6 is 22.9 Å². The molecule has 0 bridgehead atoms. The van der Waals surface area contributed by atoms with Crippen molar-refractivity contribution in [3.63, 3.8) is 0 Å². The van der Waals surface area contributed by atoms with Gasteiger partial charge in [0.2, 0.25) is 0 Å². The molecule has 4 nitrogen and oxygen atoms in total. The molecule has 0 fully saturated rings. The molecule has 3 aromatic rings. The molecule has 1 amide bonds. The van der Waals surface area contributed by atoms with Gasteiger partial charge >= 0.3 is 0 Å². The lowest BCUT2D eigenvalue weighted by molar-refractivity contribution is 0.102. The van der Waals surface area contributed by atoms with E-state index in [2.05, 4.69) is 10.3 Å². The number of phenols is 1. The summed E-state index contributed by atoms with van der Waals surface area (Å²) in [6.45, 7) is 1.97. The van der Waals surface area contributed by atoms with E-state index in [1.54, 1.807) is 0 Å². The highest BCUT2D eigenvalue weighted by Crippen LogP contribution is 2.31. The average molecular weight is 345 g/mol. The first-order chi connectivity index (χ1) is 11.0. The number of aromatic hydroxyl groups is 1. The maximum Gasteiger partial charge on any atom is 0.257 e. The number of benzene rings is 2. The maximum absolute atomic E-state index is 12.2. The number of carbonyl (C=O) groups excluding carboxylic acids is 1. The molecule has 2 N–H and O–H groups in total. The van der Waals surface area contributed by atoms with Gasteiger partial charge in [-0.2, -0.15) is 0 Å². The van der Waals surface area contributed by atoms with Crippen molar-refractivity contribution in [1.82, 2.24) is 4.98 Å². The number of carbonyl (C=O) groups is 1. The fourth-order valence-corrected chi connectivity index (χ4v) is 3.14. The molecular formula is C17H13ClN2O2S. The number of hydrogen-bond donors (Lipinski definition) is 2. The first-order valence-electron chi connectivity index (χ1n) is 6.87. The second-order valence-electron chi connectivity index (χ2n) is 4.91. The van der Waals surface area contributed by atoms with Crippen molar-refractivity contribution in [1.29, 1.82) is 0 Å². The fraction of sp³-hybridized carbons (Fsp3) is 0.0588. The Kier molecular flexibility index (Phi) is 4.32. The minimum absolute atomic E-state index is 0.0559. The van der Waals surface area contributed by atoms with E-state index in [9.17, 15) is 9.90 Å². The van der Waals surface area contributed by atoms with Crippen molar-refractivity contribution >= 4 is 34.0 Å². The molecule has 2 aromatic carbocycles. The van der Waals surface area contributed by atoms with E-state index < -0.39 is 0 Å². The van der Waals surface area contributed by atoms with Crippen LogP contribution in [0, 0.1) is 6.92 Å². The van der Waals surface area contributed by atoms with Crippen molar-refractivity contribution in [2.45, 2.75) is 6.92 Å². The predicted molar refractivity (Wildman–Crippen MR) is 93.4 cm³/mol. The Morgan fingerprint density at radius 1 is 1.22 bits per heavy atom. The second kappa shape index (κ2) is 6.40. The van der Waals surface area contributed by atoms with Crippen molar-refractivity contribution in [3.8, 4) is 17.0 Å². The second-order valence-corrected chi connectivity index (χ2v) is 6.52. The SMILES string of the molecule is Cc1sc(NC(=O)c2ccc(O)c(Cl)c2)nc1-c1ccccc1. The number of amides is 1. The Balaban J connectivity index is 1.83. The Morgan fingerprint density at radius 3 is 2.65 bits per heavy atom. The van der Waals surface area contributed by atoms with E-state index in [4.69, 9.17) is 11.6 Å². The summed E-state index contributed by atoms with van der Waals surface area (Å²) in [4.78, 5) is 17.8. The van der Waals surface area contributed by atoms with Crippen LogP contribution in [0.3, 0.4) is 0 Å². The lowest BCUT2D eigenvalue weighted by Gasteiger charge is -2.03. The van der Waals surface area contributed by atoms with Crippen LogP contribution in [-0.4, -0.2) is 16.0 Å². The number of rotatable bonds is 3. The van der Waals surface area contributed by atoms with E-state index in [1.807, 2.05) is 37.3 Å². The van der Waals surface area contributed by atoms with E-state index >= 15 is 0 Å². The lowest BCUT2D eigenvalue weighted by Crippen LogP contribution is -2.11. The third-order valence-electron chi connectivity index (χ3n) is 3.27. The molecule has 0 saturated carbocycles. The van der Waals surface area contributed by atoms with Crippen LogP contribution in [0.1, 0.15) is 15.2 Å². The molecule has 0 saturated heterocycles. The number of halogens is 1. The third-order valence-corrected chi connectivity index (χ3v) is 4.46. The number of phenolic OH excluding ortho intramolecular Hbond substituents is 1. The summed E-state index contributed by atoms with van der Waals surface area (Å²) in [5.41, 5.74) is 2.23. The summed E-state index contributed by atoms with van der Waals surface area (Å²) in [5.74, 6) is -0.375. The summed E-state index contributed by atoms with van der Waals surface area (Å²) in [7, 11) is 0. The van der Waals surface area contributed by atoms with Crippen LogP contribution in [0.25, 0.3) is 11.3 Å². The summed E-state index contributed by atoms with van der Waals surface area (Å²) in [6, 6.07) is 14.1. The molecule has 6 heteroatoms. The standard InChI is InChI=1S/C17H13ClN2O2S/c1-10-15(11-5-3-2-4-6-11)19-17(23-10)20-16(22)12-7-8-14(21)13(18)9-12/h2-9,21H,1H3,(H,19,20,22). The molecule has 0 atom stereocenters. The minimum atomic E-state index is -0.319. The Hall–Kier alpha value is -2.37. The lowest BCUT2D eigenvalue weighted by atomic mass is 10.1. The molecule has 3 rings (SSSR count). The van der Waals surface area contributed by atoms with Gasteiger partial charge in [-0.15, -0.1) is 11.3 Å². The number of nitrogens with zero attached hydrogens (tertiary/aromatic N) is 1. The highest BCUT2D eigenvalue weighted by atomic mass is 35.5. The monoisotopic (exact) mass is 344 g/mol. The number of aromatic nitrogens is 1. The normalized spacial score (nSPS) is 10.5. The van der Waals surface area contributed by atoms with Gasteiger partial charge in [0.05, 0.1) is 10.7 Å².